The second-order valence-corrected chi connectivity index (χ2v) is 6.73. The van der Waals surface area contributed by atoms with Gasteiger partial charge in [-0.15, -0.1) is 0 Å². The number of anilines is 6. The average molecular weight is 379 g/mol. The molecule has 0 amide bonds. The normalized spacial score (nSPS) is 12.3. The zero-order valence-electron chi connectivity index (χ0n) is 15.5. The molecular weight excluding hydrogens is 362 g/mol. The lowest BCUT2D eigenvalue weighted by atomic mass is 10.0. The maximum Gasteiger partial charge on any atom is 0.293 e. The zero-order valence-corrected chi connectivity index (χ0v) is 15.5. The van der Waals surface area contributed by atoms with Crippen LogP contribution >= 0.6 is 0 Å². The van der Waals surface area contributed by atoms with Gasteiger partial charge in [-0.2, -0.15) is 0 Å². The van der Waals surface area contributed by atoms with Crippen molar-refractivity contribution in [2.45, 2.75) is 0 Å². The van der Waals surface area contributed by atoms with Gasteiger partial charge in [-0.1, -0.05) is 54.6 Å². The summed E-state index contributed by atoms with van der Waals surface area (Å²) in [5.74, 6) is 0. The molecule has 5 heteroatoms. The van der Waals surface area contributed by atoms with E-state index >= 15 is 0 Å². The van der Waals surface area contributed by atoms with Crippen LogP contribution in [0.4, 0.5) is 39.8 Å². The van der Waals surface area contributed by atoms with Gasteiger partial charge in [0.15, 0.2) is 0 Å². The van der Waals surface area contributed by atoms with Crippen LogP contribution < -0.4 is 9.80 Å². The van der Waals surface area contributed by atoms with Gasteiger partial charge in [0, 0.05) is 11.8 Å². The van der Waals surface area contributed by atoms with Crippen LogP contribution in [0.25, 0.3) is 0 Å². The van der Waals surface area contributed by atoms with E-state index in [1.54, 1.807) is 18.2 Å². The summed E-state index contributed by atoms with van der Waals surface area (Å²) in [5.41, 5.74) is 5.38. The fraction of sp³-hybridized carbons (Fsp3) is 0. The first-order chi connectivity index (χ1) is 14.3. The van der Waals surface area contributed by atoms with Gasteiger partial charge in [0.25, 0.3) is 5.69 Å². The van der Waals surface area contributed by atoms with Gasteiger partial charge in [-0.3, -0.25) is 10.1 Å². The smallest absolute Gasteiger partial charge is 0.293 e. The summed E-state index contributed by atoms with van der Waals surface area (Å²) in [6, 6.07) is 33.0. The Kier molecular flexibility index (Phi) is 3.99. The molecule has 0 saturated heterocycles. The third-order valence-electron chi connectivity index (χ3n) is 5.06. The minimum Gasteiger partial charge on any atom is -0.306 e. The summed E-state index contributed by atoms with van der Waals surface area (Å²) < 4.78 is 0. The molecule has 5 rings (SSSR count). The van der Waals surface area contributed by atoms with E-state index in [0.29, 0.717) is 5.69 Å². The molecule has 0 unspecified atom stereocenters. The van der Waals surface area contributed by atoms with Crippen molar-refractivity contribution in [3.05, 3.63) is 113 Å². The summed E-state index contributed by atoms with van der Waals surface area (Å²) in [7, 11) is 0. The van der Waals surface area contributed by atoms with E-state index in [1.165, 1.54) is 0 Å². The fourth-order valence-corrected chi connectivity index (χ4v) is 3.87. The highest BCUT2D eigenvalue weighted by Gasteiger charge is 2.32. The Labute approximate surface area is 168 Å². The highest BCUT2D eigenvalue weighted by molar-refractivity contribution is 6.02. The van der Waals surface area contributed by atoms with Crippen molar-refractivity contribution in [1.82, 2.24) is 0 Å². The predicted molar refractivity (Wildman–Crippen MR) is 116 cm³/mol. The van der Waals surface area contributed by atoms with Crippen molar-refractivity contribution in [1.29, 1.82) is 0 Å². The maximum absolute atomic E-state index is 11.7. The van der Waals surface area contributed by atoms with Crippen LogP contribution in [0.3, 0.4) is 0 Å². The molecule has 0 atom stereocenters. The second kappa shape index (κ2) is 6.80. The lowest BCUT2D eigenvalue weighted by Crippen LogP contribution is -2.24. The fourth-order valence-electron chi connectivity index (χ4n) is 3.87. The Morgan fingerprint density at radius 3 is 1.45 bits per heavy atom. The van der Waals surface area contributed by atoms with Crippen molar-refractivity contribution < 1.29 is 4.92 Å². The van der Waals surface area contributed by atoms with Crippen LogP contribution in [-0.4, -0.2) is 4.92 Å². The van der Waals surface area contributed by atoms with Gasteiger partial charge in [-0.05, 0) is 42.5 Å². The van der Waals surface area contributed by atoms with Crippen LogP contribution in [0.2, 0.25) is 0 Å². The lowest BCUT2D eigenvalue weighted by molar-refractivity contribution is -0.384. The second-order valence-electron chi connectivity index (χ2n) is 6.73. The van der Waals surface area contributed by atoms with Crippen LogP contribution in [0.5, 0.6) is 0 Å². The van der Waals surface area contributed by atoms with E-state index in [-0.39, 0.29) is 10.6 Å². The van der Waals surface area contributed by atoms with E-state index in [2.05, 4.69) is 17.0 Å². The Morgan fingerprint density at radius 2 is 0.931 bits per heavy atom. The first kappa shape index (κ1) is 17.0. The number of nitrogens with zero attached hydrogens (tertiary/aromatic N) is 3. The van der Waals surface area contributed by atoms with E-state index < -0.39 is 0 Å². The monoisotopic (exact) mass is 379 g/mol. The number of nitro benzene ring substituents is 1. The lowest BCUT2D eigenvalue weighted by Gasteiger charge is -2.40. The van der Waals surface area contributed by atoms with Crippen LogP contribution in [0.15, 0.2) is 103 Å². The molecule has 1 heterocycles. The van der Waals surface area contributed by atoms with Crippen molar-refractivity contribution in [2.75, 3.05) is 9.80 Å². The van der Waals surface area contributed by atoms with Crippen LogP contribution in [0, 0.1) is 10.1 Å². The number of fused-ring (bicyclic) bond motifs is 2. The third kappa shape index (κ3) is 2.72. The Bertz CT molecular complexity index is 1160. The third-order valence-corrected chi connectivity index (χ3v) is 5.06. The van der Waals surface area contributed by atoms with Gasteiger partial charge in [0.1, 0.15) is 5.69 Å². The summed E-state index contributed by atoms with van der Waals surface area (Å²) in [6.07, 6.45) is 0. The average Bonchev–Trinajstić information content (AvgIpc) is 2.78. The topological polar surface area (TPSA) is 49.6 Å². The van der Waals surface area contributed by atoms with E-state index in [4.69, 9.17) is 0 Å². The molecule has 5 nitrogen and oxygen atoms in total. The molecule has 0 spiro atoms. The number of para-hydroxylation sites is 7. The van der Waals surface area contributed by atoms with Gasteiger partial charge >= 0.3 is 0 Å². The highest BCUT2D eigenvalue weighted by Crippen LogP contribution is 2.54. The molecule has 0 aliphatic carbocycles. The van der Waals surface area contributed by atoms with Gasteiger partial charge in [0.05, 0.1) is 27.7 Å². The Morgan fingerprint density at radius 1 is 0.517 bits per heavy atom. The summed E-state index contributed by atoms with van der Waals surface area (Å²) in [4.78, 5) is 15.6. The van der Waals surface area contributed by atoms with Crippen LogP contribution in [0.1, 0.15) is 0 Å². The Balaban J connectivity index is 1.82. The molecule has 0 N–H and O–H groups in total. The van der Waals surface area contributed by atoms with Gasteiger partial charge < -0.3 is 9.80 Å². The first-order valence-corrected chi connectivity index (χ1v) is 9.32. The van der Waals surface area contributed by atoms with E-state index in [9.17, 15) is 10.1 Å². The highest BCUT2D eigenvalue weighted by atomic mass is 16.6. The standard InChI is InChI=1S/C24H17N3O2/c28-27(29)24-17-9-8-16-23(24)26-21-14-6-4-12-19(21)25(18-10-2-1-3-11-18)20-13-5-7-15-22(20)26/h1-17H. The molecule has 1 aliphatic rings. The minimum absolute atomic E-state index is 0.0743. The molecule has 4 aromatic carbocycles. The SMILES string of the molecule is O=[N+]([O-])c1ccccc1N1c2ccccc2N(c2ccccc2)c2ccccc21. The van der Waals surface area contributed by atoms with Crippen LogP contribution in [-0.2, 0) is 0 Å². The largest absolute Gasteiger partial charge is 0.306 e. The number of nitro groups is 1. The van der Waals surface area contributed by atoms with E-state index in [0.717, 1.165) is 28.4 Å². The molecule has 0 saturated carbocycles. The number of hydrogen-bond acceptors (Lipinski definition) is 4. The predicted octanol–water partition coefficient (Wildman–Crippen LogP) is 6.85. The van der Waals surface area contributed by atoms with Gasteiger partial charge in [0.2, 0.25) is 0 Å². The molecule has 4 aromatic rings. The number of benzene rings is 4. The molecule has 0 radical (unpaired) electrons. The molecular formula is C24H17N3O2. The van der Waals surface area contributed by atoms with Gasteiger partial charge in [-0.25, -0.2) is 0 Å². The molecule has 0 bridgehead atoms. The quantitative estimate of drug-likeness (QED) is 0.254. The molecule has 29 heavy (non-hydrogen) atoms. The molecule has 0 aromatic heterocycles. The summed E-state index contributed by atoms with van der Waals surface area (Å²) in [6.45, 7) is 0. The number of hydrogen-bond donors (Lipinski definition) is 0. The summed E-state index contributed by atoms with van der Waals surface area (Å²) in [5, 5.41) is 11.7. The molecule has 1 aliphatic heterocycles. The van der Waals surface area contributed by atoms with Crippen molar-refractivity contribution in [3.8, 4) is 0 Å². The Hall–Kier alpha value is -4.12. The molecule has 140 valence electrons. The zero-order chi connectivity index (χ0) is 19.8. The van der Waals surface area contributed by atoms with E-state index in [1.807, 2.05) is 77.7 Å². The summed E-state index contributed by atoms with van der Waals surface area (Å²) >= 11 is 0. The van der Waals surface area contributed by atoms with Crippen molar-refractivity contribution in [3.63, 3.8) is 0 Å². The minimum atomic E-state index is -0.329. The van der Waals surface area contributed by atoms with Crippen molar-refractivity contribution in [2.24, 2.45) is 0 Å². The van der Waals surface area contributed by atoms with Crippen molar-refractivity contribution >= 4 is 39.8 Å². The maximum atomic E-state index is 11.7. The number of rotatable bonds is 3. The first-order valence-electron chi connectivity index (χ1n) is 9.32. The molecule has 0 fully saturated rings.